The molecular weight excluding hydrogens is 584 g/mol. The molecular formula is C35H44N4O5Si. The van der Waals surface area contributed by atoms with E-state index in [0.29, 0.717) is 29.8 Å². The predicted octanol–water partition coefficient (Wildman–Crippen LogP) is 6.96. The third-order valence-corrected chi connectivity index (χ3v) is 10.4. The number of ether oxygens (including phenoxy) is 4. The first-order valence-corrected chi connectivity index (χ1v) is 19.6. The number of rotatable bonds is 10. The van der Waals surface area contributed by atoms with Gasteiger partial charge in [0.15, 0.2) is 0 Å². The summed E-state index contributed by atoms with van der Waals surface area (Å²) in [6, 6.07) is 19.6. The highest BCUT2D eigenvalue weighted by Gasteiger charge is 2.29. The maximum absolute atomic E-state index is 12.7. The number of piperazine rings is 1. The fraction of sp³-hybridized carbons (Fsp3) is 0.429. The van der Waals surface area contributed by atoms with Gasteiger partial charge in [-0.3, -0.25) is 4.90 Å². The van der Waals surface area contributed by atoms with Crippen molar-refractivity contribution in [2.45, 2.75) is 51.3 Å². The van der Waals surface area contributed by atoms with Crippen LogP contribution in [0, 0.1) is 0 Å². The SMILES string of the molecule is COC(=O)c1ccc(N2CCN(C3CCCOc4ccccc43)CC2)cc1Oc1cnc2c(ccn2COCC[Si](C)(C)C)c1. The zero-order valence-corrected chi connectivity index (χ0v) is 27.8. The van der Waals surface area contributed by atoms with E-state index in [1.807, 2.05) is 41.1 Å². The lowest BCUT2D eigenvalue weighted by molar-refractivity contribution is 0.0598. The van der Waals surface area contributed by atoms with E-state index < -0.39 is 14.0 Å². The Morgan fingerprint density at radius 2 is 1.87 bits per heavy atom. The maximum atomic E-state index is 12.7. The zero-order valence-electron chi connectivity index (χ0n) is 26.8. The van der Waals surface area contributed by atoms with Gasteiger partial charge in [-0.1, -0.05) is 37.8 Å². The van der Waals surface area contributed by atoms with Gasteiger partial charge >= 0.3 is 5.97 Å². The van der Waals surface area contributed by atoms with Crippen molar-refractivity contribution in [1.82, 2.24) is 14.5 Å². The molecule has 4 heterocycles. The molecule has 9 nitrogen and oxygen atoms in total. The van der Waals surface area contributed by atoms with Gasteiger partial charge in [0.2, 0.25) is 0 Å². The van der Waals surface area contributed by atoms with E-state index in [4.69, 9.17) is 18.9 Å². The van der Waals surface area contributed by atoms with Gasteiger partial charge in [0, 0.05) is 75.8 Å². The van der Waals surface area contributed by atoms with Crippen LogP contribution in [-0.2, 0) is 16.2 Å². The Balaban J connectivity index is 1.15. The van der Waals surface area contributed by atoms with Crippen LogP contribution in [0.1, 0.15) is 34.8 Å². The van der Waals surface area contributed by atoms with Crippen LogP contribution in [0.15, 0.2) is 67.0 Å². The molecule has 10 heteroatoms. The van der Waals surface area contributed by atoms with Crippen molar-refractivity contribution in [1.29, 1.82) is 0 Å². The molecule has 45 heavy (non-hydrogen) atoms. The monoisotopic (exact) mass is 628 g/mol. The summed E-state index contributed by atoms with van der Waals surface area (Å²) in [6.07, 6.45) is 5.82. The summed E-state index contributed by atoms with van der Waals surface area (Å²) in [5.41, 5.74) is 3.51. The molecule has 1 saturated heterocycles. The Morgan fingerprint density at radius 1 is 1.04 bits per heavy atom. The standard InChI is InChI=1S/C35H44N4O5Si/c1-41-35(40)30-12-11-27(37-15-17-38(18-16-37)31-9-7-19-43-32-10-6-5-8-29(31)32)23-33(30)44-28-22-26-13-14-39(34(26)36-24-28)25-42-20-21-45(2,3)4/h5-6,8,10-14,22-24,31H,7,9,15-21,25H2,1-4H3. The summed E-state index contributed by atoms with van der Waals surface area (Å²) in [7, 11) is 0.246. The molecule has 1 atom stereocenters. The number of hydrogen-bond acceptors (Lipinski definition) is 8. The second-order valence-corrected chi connectivity index (χ2v) is 18.7. The molecule has 2 aromatic carbocycles. The molecule has 238 valence electrons. The largest absolute Gasteiger partial charge is 0.493 e. The first-order chi connectivity index (χ1) is 21.8. The van der Waals surface area contributed by atoms with Crippen molar-refractivity contribution in [3.8, 4) is 17.2 Å². The average Bonchev–Trinajstić information content (AvgIpc) is 3.31. The number of pyridine rings is 1. The van der Waals surface area contributed by atoms with Gasteiger partial charge in [-0.15, -0.1) is 0 Å². The van der Waals surface area contributed by atoms with E-state index in [-0.39, 0.29) is 0 Å². The van der Waals surface area contributed by atoms with Gasteiger partial charge in [-0.25, -0.2) is 9.78 Å². The Labute approximate surface area is 266 Å². The zero-order chi connectivity index (χ0) is 31.4. The molecule has 2 aliphatic heterocycles. The molecule has 0 saturated carbocycles. The number of nitrogens with zero attached hydrogens (tertiary/aromatic N) is 4. The minimum atomic E-state index is -1.14. The minimum Gasteiger partial charge on any atom is -0.493 e. The Hall–Kier alpha value is -3.86. The molecule has 0 amide bonds. The second-order valence-electron chi connectivity index (χ2n) is 13.1. The highest BCUT2D eigenvalue weighted by Crippen LogP contribution is 2.37. The molecule has 0 N–H and O–H groups in total. The van der Waals surface area contributed by atoms with Crippen molar-refractivity contribution in [3.63, 3.8) is 0 Å². The van der Waals surface area contributed by atoms with E-state index in [9.17, 15) is 4.79 Å². The van der Waals surface area contributed by atoms with Crippen LogP contribution in [-0.4, -0.2) is 75.0 Å². The van der Waals surface area contributed by atoms with Crippen molar-refractivity contribution < 1.29 is 23.7 Å². The van der Waals surface area contributed by atoms with Gasteiger partial charge < -0.3 is 28.4 Å². The van der Waals surface area contributed by atoms with Crippen molar-refractivity contribution in [2.75, 3.05) is 51.4 Å². The molecule has 0 aliphatic carbocycles. The number of carbonyl (C=O) groups is 1. The number of anilines is 1. The lowest BCUT2D eigenvalue weighted by Crippen LogP contribution is -2.47. The van der Waals surface area contributed by atoms with Gasteiger partial charge in [-0.2, -0.15) is 0 Å². The third kappa shape index (κ3) is 7.35. The van der Waals surface area contributed by atoms with E-state index in [1.165, 1.54) is 12.7 Å². The molecule has 0 spiro atoms. The molecule has 6 rings (SSSR count). The normalized spacial score (nSPS) is 17.4. The molecule has 4 aromatic rings. The fourth-order valence-corrected chi connectivity index (χ4v) is 6.89. The summed E-state index contributed by atoms with van der Waals surface area (Å²) in [6.45, 7) is 12.6. The number of para-hydroxylation sites is 1. The topological polar surface area (TPSA) is 78.3 Å². The highest BCUT2D eigenvalue weighted by atomic mass is 28.3. The molecule has 0 radical (unpaired) electrons. The van der Waals surface area contributed by atoms with E-state index in [1.54, 1.807) is 12.3 Å². The van der Waals surface area contributed by atoms with Gasteiger partial charge in [-0.05, 0) is 49.2 Å². The lowest BCUT2D eigenvalue weighted by atomic mass is 9.99. The molecule has 2 aromatic heterocycles. The van der Waals surface area contributed by atoms with Gasteiger partial charge in [0.05, 0.1) is 19.9 Å². The first-order valence-electron chi connectivity index (χ1n) is 15.9. The summed E-state index contributed by atoms with van der Waals surface area (Å²) >= 11 is 0. The minimum absolute atomic E-state index is 0.362. The third-order valence-electron chi connectivity index (χ3n) is 8.68. The van der Waals surface area contributed by atoms with Crippen LogP contribution < -0.4 is 14.4 Å². The lowest BCUT2D eigenvalue weighted by Gasteiger charge is -2.40. The fourth-order valence-electron chi connectivity index (χ4n) is 6.13. The molecule has 1 unspecified atom stereocenters. The first kappa shape index (κ1) is 31.1. The van der Waals surface area contributed by atoms with Crippen LogP contribution in [0.25, 0.3) is 11.0 Å². The van der Waals surface area contributed by atoms with E-state index in [0.717, 1.165) is 80.7 Å². The molecule has 0 bridgehead atoms. The summed E-state index contributed by atoms with van der Waals surface area (Å²) in [4.78, 5) is 22.3. The van der Waals surface area contributed by atoms with Crippen LogP contribution >= 0.6 is 0 Å². The van der Waals surface area contributed by atoms with E-state index in [2.05, 4.69) is 52.6 Å². The van der Waals surface area contributed by atoms with E-state index >= 15 is 0 Å². The van der Waals surface area contributed by atoms with Crippen LogP contribution in [0.5, 0.6) is 17.2 Å². The second kappa shape index (κ2) is 13.6. The van der Waals surface area contributed by atoms with Crippen molar-refractivity contribution in [3.05, 3.63) is 78.1 Å². The Kier molecular flexibility index (Phi) is 9.44. The number of methoxy groups -OCH3 is 1. The Morgan fingerprint density at radius 3 is 2.67 bits per heavy atom. The number of hydrogen-bond donors (Lipinski definition) is 0. The van der Waals surface area contributed by atoms with Crippen LogP contribution in [0.4, 0.5) is 5.69 Å². The molecule has 1 fully saturated rings. The number of benzene rings is 2. The number of esters is 1. The number of aromatic nitrogens is 2. The summed E-state index contributed by atoms with van der Waals surface area (Å²) in [5, 5.41) is 0.943. The highest BCUT2D eigenvalue weighted by molar-refractivity contribution is 6.76. The Bertz CT molecular complexity index is 1630. The quantitative estimate of drug-likeness (QED) is 0.106. The van der Waals surface area contributed by atoms with Crippen molar-refractivity contribution >= 4 is 30.8 Å². The van der Waals surface area contributed by atoms with Crippen LogP contribution in [0.3, 0.4) is 0 Å². The van der Waals surface area contributed by atoms with Gasteiger partial charge in [0.1, 0.15) is 35.2 Å². The smallest absolute Gasteiger partial charge is 0.341 e. The van der Waals surface area contributed by atoms with Crippen molar-refractivity contribution in [2.24, 2.45) is 0 Å². The number of carbonyl (C=O) groups excluding carboxylic acids is 1. The maximum Gasteiger partial charge on any atom is 0.341 e. The average molecular weight is 629 g/mol. The molecule has 2 aliphatic rings. The summed E-state index contributed by atoms with van der Waals surface area (Å²) < 4.78 is 25.4. The number of fused-ring (bicyclic) bond motifs is 2. The van der Waals surface area contributed by atoms with Crippen LogP contribution in [0.2, 0.25) is 25.7 Å². The van der Waals surface area contributed by atoms with Gasteiger partial charge in [0.25, 0.3) is 0 Å². The summed E-state index contributed by atoms with van der Waals surface area (Å²) in [5.74, 6) is 1.58. The predicted molar refractivity (Wildman–Crippen MR) is 179 cm³/mol.